The first-order valence-electron chi connectivity index (χ1n) is 10.5. The van der Waals surface area contributed by atoms with Gasteiger partial charge in [-0.3, -0.25) is 9.69 Å². The van der Waals surface area contributed by atoms with Gasteiger partial charge in [-0.1, -0.05) is 24.3 Å². The molecule has 2 atom stereocenters. The van der Waals surface area contributed by atoms with Gasteiger partial charge in [0.25, 0.3) is 0 Å². The van der Waals surface area contributed by atoms with Crippen molar-refractivity contribution in [1.82, 2.24) is 4.90 Å². The quantitative estimate of drug-likeness (QED) is 0.581. The van der Waals surface area contributed by atoms with E-state index >= 15 is 0 Å². The number of nitrogens with two attached hydrogens (primary N) is 1. The molecule has 1 aliphatic heterocycles. The van der Waals surface area contributed by atoms with Gasteiger partial charge in [0.05, 0.1) is 5.92 Å². The van der Waals surface area contributed by atoms with Crippen molar-refractivity contribution < 1.29 is 13.6 Å². The molecule has 1 amide bonds. The average Bonchev–Trinajstić information content (AvgIpc) is 3.49. The molecule has 2 heterocycles. The predicted molar refractivity (Wildman–Crippen MR) is 123 cm³/mol. The molecule has 1 saturated carbocycles. The fourth-order valence-electron chi connectivity index (χ4n) is 4.43. The molecule has 2 aliphatic rings. The third kappa shape index (κ3) is 3.41. The summed E-state index contributed by atoms with van der Waals surface area (Å²) in [4.78, 5) is 20.3. The van der Waals surface area contributed by atoms with Crippen molar-refractivity contribution in [2.75, 3.05) is 7.05 Å². The van der Waals surface area contributed by atoms with E-state index in [0.717, 1.165) is 16.5 Å². The van der Waals surface area contributed by atoms with Gasteiger partial charge in [0.2, 0.25) is 5.91 Å². The fraction of sp³-hybridized carbons (Fsp3) is 0.280. The van der Waals surface area contributed by atoms with E-state index in [2.05, 4.69) is 12.1 Å². The van der Waals surface area contributed by atoms with Crippen molar-refractivity contribution in [3.63, 3.8) is 0 Å². The van der Waals surface area contributed by atoms with E-state index in [1.807, 2.05) is 25.1 Å². The molecule has 0 spiro atoms. The van der Waals surface area contributed by atoms with Crippen LogP contribution in [0.2, 0.25) is 0 Å². The van der Waals surface area contributed by atoms with Gasteiger partial charge in [0.1, 0.15) is 17.2 Å². The highest BCUT2D eigenvalue weighted by Gasteiger charge is 2.48. The van der Waals surface area contributed by atoms with E-state index in [-0.39, 0.29) is 11.9 Å². The number of amides is 1. The molecule has 0 saturated heterocycles. The fourth-order valence-corrected chi connectivity index (χ4v) is 5.48. The number of thiophene rings is 1. The zero-order chi connectivity index (χ0) is 22.6. The monoisotopic (exact) mass is 451 g/mol. The lowest BCUT2D eigenvalue weighted by Crippen LogP contribution is -2.52. The molecule has 1 aromatic heterocycles. The second kappa shape index (κ2) is 7.52. The van der Waals surface area contributed by atoms with Gasteiger partial charge in [-0.05, 0) is 66.0 Å². The molecule has 0 unspecified atom stereocenters. The van der Waals surface area contributed by atoms with E-state index in [1.54, 1.807) is 12.4 Å². The van der Waals surface area contributed by atoms with E-state index < -0.39 is 23.1 Å². The summed E-state index contributed by atoms with van der Waals surface area (Å²) in [5.74, 6) is -1.19. The molecular weight excluding hydrogens is 428 g/mol. The van der Waals surface area contributed by atoms with Crippen LogP contribution in [-0.2, 0) is 10.3 Å². The number of guanidine groups is 1. The molecule has 1 fully saturated rings. The van der Waals surface area contributed by atoms with Crippen LogP contribution in [0, 0.1) is 11.6 Å². The van der Waals surface area contributed by atoms with Crippen LogP contribution in [0.4, 0.5) is 8.78 Å². The Morgan fingerprint density at radius 2 is 1.78 bits per heavy atom. The summed E-state index contributed by atoms with van der Waals surface area (Å²) in [5.41, 5.74) is 8.24. The van der Waals surface area contributed by atoms with Crippen LogP contribution in [0.5, 0.6) is 0 Å². The minimum atomic E-state index is -0.950. The first kappa shape index (κ1) is 20.8. The molecule has 0 radical (unpaired) electrons. The van der Waals surface area contributed by atoms with Crippen molar-refractivity contribution in [3.8, 4) is 11.1 Å². The Balaban J connectivity index is 1.59. The highest BCUT2D eigenvalue weighted by Crippen LogP contribution is 2.48. The number of aliphatic imine (C=N–C) groups is 1. The highest BCUT2D eigenvalue weighted by molar-refractivity contribution is 7.10. The van der Waals surface area contributed by atoms with E-state index in [1.165, 1.54) is 46.8 Å². The van der Waals surface area contributed by atoms with E-state index in [4.69, 9.17) is 10.7 Å². The summed E-state index contributed by atoms with van der Waals surface area (Å²) >= 11 is 1.39. The Bertz CT molecular complexity index is 1230. The number of nitrogens with zero attached hydrogens (tertiary/aromatic N) is 2. The smallest absolute Gasteiger partial charge is 0.239 e. The predicted octanol–water partition coefficient (Wildman–Crippen LogP) is 5.36. The molecule has 3 aromatic rings. The standard InChI is InChI=1S/C25H23F2N3OS/c1-25(21-11-17(13-32-21)19-10-9-18(26)12-20(19)27)22(23(31)30(2)24(28)29-25)16-7-5-15(6-8-16)14-3-4-14/h5-14,22H,3-4H2,1-2H3,(H2,28,29)/t22-,25+/m0/s1. The zero-order valence-electron chi connectivity index (χ0n) is 17.8. The molecule has 7 heteroatoms. The first-order chi connectivity index (χ1) is 15.3. The van der Waals surface area contributed by atoms with Crippen LogP contribution in [0.25, 0.3) is 11.1 Å². The van der Waals surface area contributed by atoms with Crippen molar-refractivity contribution >= 4 is 23.2 Å². The van der Waals surface area contributed by atoms with Crippen LogP contribution in [0.1, 0.15) is 47.6 Å². The van der Waals surface area contributed by atoms with Gasteiger partial charge in [-0.15, -0.1) is 11.3 Å². The summed E-state index contributed by atoms with van der Waals surface area (Å²) in [6.07, 6.45) is 2.42. The normalized spacial score (nSPS) is 23.4. The van der Waals surface area contributed by atoms with Crippen molar-refractivity contribution in [2.45, 2.75) is 37.1 Å². The van der Waals surface area contributed by atoms with Gasteiger partial charge in [0.15, 0.2) is 5.96 Å². The van der Waals surface area contributed by atoms with Crippen molar-refractivity contribution in [1.29, 1.82) is 0 Å². The van der Waals surface area contributed by atoms with Crippen LogP contribution in [0.15, 0.2) is 58.9 Å². The topological polar surface area (TPSA) is 58.7 Å². The molecule has 1 aliphatic carbocycles. The molecule has 0 bridgehead atoms. The number of carbonyl (C=O) groups is 1. The molecule has 32 heavy (non-hydrogen) atoms. The summed E-state index contributed by atoms with van der Waals surface area (Å²) in [6.45, 7) is 1.89. The van der Waals surface area contributed by atoms with Crippen molar-refractivity contribution in [3.05, 3.63) is 81.5 Å². The first-order valence-corrected chi connectivity index (χ1v) is 11.4. The molecule has 4 nitrogen and oxygen atoms in total. The van der Waals surface area contributed by atoms with Crippen LogP contribution in [0.3, 0.4) is 0 Å². The number of hydrogen-bond donors (Lipinski definition) is 1. The third-order valence-corrected chi connectivity index (χ3v) is 7.65. The average molecular weight is 452 g/mol. The Kier molecular flexibility index (Phi) is 4.89. The van der Waals surface area contributed by atoms with Crippen LogP contribution >= 0.6 is 11.3 Å². The lowest BCUT2D eigenvalue weighted by Gasteiger charge is -2.40. The minimum absolute atomic E-state index is 0.137. The van der Waals surface area contributed by atoms with Gasteiger partial charge < -0.3 is 5.73 Å². The molecular formula is C25H23F2N3OS. The summed E-state index contributed by atoms with van der Waals surface area (Å²) < 4.78 is 27.7. The SMILES string of the molecule is CN1C(=O)[C@H](c2ccc(C3CC3)cc2)[C@@](C)(c2cc(-c3ccc(F)cc3F)cs2)N=C1N. The summed E-state index contributed by atoms with van der Waals surface area (Å²) in [7, 11) is 1.63. The molecule has 164 valence electrons. The lowest BCUT2D eigenvalue weighted by atomic mass is 9.77. The highest BCUT2D eigenvalue weighted by atomic mass is 32.1. The number of likely N-dealkylation sites (N-methyl/N-ethyl adjacent to an activating group) is 1. The number of rotatable bonds is 4. The van der Waals surface area contributed by atoms with Crippen molar-refractivity contribution in [2.24, 2.45) is 10.7 Å². The van der Waals surface area contributed by atoms with E-state index in [0.29, 0.717) is 17.0 Å². The van der Waals surface area contributed by atoms with E-state index in [9.17, 15) is 13.6 Å². The number of hydrogen-bond acceptors (Lipinski definition) is 4. The van der Waals surface area contributed by atoms with Gasteiger partial charge in [-0.2, -0.15) is 0 Å². The maximum absolute atomic E-state index is 14.4. The van der Waals surface area contributed by atoms with Gasteiger partial charge in [-0.25, -0.2) is 13.8 Å². The summed E-state index contributed by atoms with van der Waals surface area (Å²) in [5, 5.41) is 1.80. The number of carbonyl (C=O) groups excluding carboxylic acids is 1. The zero-order valence-corrected chi connectivity index (χ0v) is 18.6. The second-order valence-corrected chi connectivity index (χ2v) is 9.62. The maximum atomic E-state index is 14.4. The Morgan fingerprint density at radius 3 is 2.44 bits per heavy atom. The summed E-state index contributed by atoms with van der Waals surface area (Å²) in [6, 6.07) is 13.5. The molecule has 2 aromatic carbocycles. The van der Waals surface area contributed by atoms with Gasteiger partial charge >= 0.3 is 0 Å². The number of benzene rings is 2. The molecule has 5 rings (SSSR count). The lowest BCUT2D eigenvalue weighted by molar-refractivity contribution is -0.130. The third-order valence-electron chi connectivity index (χ3n) is 6.49. The second-order valence-electron chi connectivity index (χ2n) is 8.71. The Hall–Kier alpha value is -3.06. The maximum Gasteiger partial charge on any atom is 0.239 e. The number of halogens is 2. The molecule has 2 N–H and O–H groups in total. The van der Waals surface area contributed by atoms with Crippen LogP contribution < -0.4 is 5.73 Å². The largest absolute Gasteiger partial charge is 0.369 e. The Morgan fingerprint density at radius 1 is 1.09 bits per heavy atom. The van der Waals surface area contributed by atoms with Crippen LogP contribution in [-0.4, -0.2) is 23.8 Å². The van der Waals surface area contributed by atoms with Gasteiger partial charge in [0, 0.05) is 23.6 Å². The minimum Gasteiger partial charge on any atom is -0.369 e. The Labute approximate surface area is 189 Å².